The fourth-order valence-electron chi connectivity index (χ4n) is 6.78. The lowest BCUT2D eigenvalue weighted by Crippen LogP contribution is -2.60. The Morgan fingerprint density at radius 3 is 2.38 bits per heavy atom. The summed E-state index contributed by atoms with van der Waals surface area (Å²) in [6, 6.07) is 9.96. The van der Waals surface area contributed by atoms with Gasteiger partial charge in [-0.1, -0.05) is 18.2 Å². The number of carbonyl (C=O) groups is 1. The van der Waals surface area contributed by atoms with E-state index in [2.05, 4.69) is 5.32 Å². The maximum Gasteiger partial charge on any atom is 0.268 e. The molecule has 156 valence electrons. The van der Waals surface area contributed by atoms with Gasteiger partial charge in [-0.25, -0.2) is 8.78 Å². The van der Waals surface area contributed by atoms with Crippen molar-refractivity contribution in [2.24, 2.45) is 17.8 Å². The van der Waals surface area contributed by atoms with Crippen LogP contribution < -0.4 is 5.32 Å². The summed E-state index contributed by atoms with van der Waals surface area (Å²) in [6.45, 7) is 0.601. The maximum atomic E-state index is 13.4. The van der Waals surface area contributed by atoms with E-state index in [-0.39, 0.29) is 17.9 Å². The van der Waals surface area contributed by atoms with E-state index in [0.29, 0.717) is 25.1 Å². The van der Waals surface area contributed by atoms with Gasteiger partial charge in [-0.15, -0.1) is 0 Å². The van der Waals surface area contributed by atoms with Gasteiger partial charge in [-0.05, 0) is 81.3 Å². The molecule has 5 heteroatoms. The van der Waals surface area contributed by atoms with E-state index in [0.717, 1.165) is 47.9 Å². The zero-order valence-electron chi connectivity index (χ0n) is 16.9. The second kappa shape index (κ2) is 7.41. The van der Waals surface area contributed by atoms with E-state index < -0.39 is 6.43 Å². The van der Waals surface area contributed by atoms with Gasteiger partial charge in [0, 0.05) is 29.4 Å². The predicted octanol–water partition coefficient (Wildman–Crippen LogP) is 5.78. The Hall–Kier alpha value is -1.91. The van der Waals surface area contributed by atoms with E-state index >= 15 is 0 Å². The summed E-state index contributed by atoms with van der Waals surface area (Å²) in [5, 5.41) is 4.51. The minimum absolute atomic E-state index is 0.0111. The molecule has 2 aromatic rings. The molecule has 6 rings (SSSR count). The first kappa shape index (κ1) is 19.1. The molecule has 1 aromatic heterocycles. The molecule has 3 nitrogen and oxygen atoms in total. The number of fused-ring (bicyclic) bond motifs is 1. The van der Waals surface area contributed by atoms with Gasteiger partial charge < -0.3 is 9.88 Å². The van der Waals surface area contributed by atoms with Crippen LogP contribution in [0.5, 0.6) is 0 Å². The molecule has 1 aromatic carbocycles. The van der Waals surface area contributed by atoms with Crippen molar-refractivity contribution in [1.29, 1.82) is 0 Å². The van der Waals surface area contributed by atoms with Crippen molar-refractivity contribution in [3.63, 3.8) is 0 Å². The SMILES string of the molecule is O=C(NC12CC3CC(CC(C3)C1)C2)c1cc2ccccc2n1CCCCC(F)F. The minimum atomic E-state index is -2.25. The highest BCUT2D eigenvalue weighted by Crippen LogP contribution is 2.55. The van der Waals surface area contributed by atoms with Crippen molar-refractivity contribution in [3.05, 3.63) is 36.0 Å². The van der Waals surface area contributed by atoms with Crippen LogP contribution in [0.3, 0.4) is 0 Å². The summed E-state index contributed by atoms with van der Waals surface area (Å²) < 4.78 is 27.0. The lowest BCUT2D eigenvalue weighted by molar-refractivity contribution is -0.0168. The number of hydrogen-bond acceptors (Lipinski definition) is 1. The van der Waals surface area contributed by atoms with Gasteiger partial charge >= 0.3 is 0 Å². The van der Waals surface area contributed by atoms with Crippen molar-refractivity contribution in [2.45, 2.75) is 76.3 Å². The first-order valence-corrected chi connectivity index (χ1v) is 11.2. The summed E-state index contributed by atoms with van der Waals surface area (Å²) in [5.74, 6) is 2.35. The number of unbranched alkanes of at least 4 members (excludes halogenated alkanes) is 1. The molecule has 4 aliphatic rings. The first-order valence-electron chi connectivity index (χ1n) is 11.2. The first-order chi connectivity index (χ1) is 14.0. The fraction of sp³-hybridized carbons (Fsp3) is 0.625. The highest BCUT2D eigenvalue weighted by atomic mass is 19.3. The van der Waals surface area contributed by atoms with Crippen LogP contribution in [-0.4, -0.2) is 22.4 Å². The number of carbonyl (C=O) groups excluding carboxylic acids is 1. The van der Waals surface area contributed by atoms with Crippen molar-refractivity contribution in [3.8, 4) is 0 Å². The molecular weight excluding hydrogens is 370 g/mol. The topological polar surface area (TPSA) is 34.0 Å². The second-order valence-electron chi connectivity index (χ2n) is 9.78. The Morgan fingerprint density at radius 1 is 1.07 bits per heavy atom. The van der Waals surface area contributed by atoms with Gasteiger partial charge in [0.25, 0.3) is 5.91 Å². The second-order valence-corrected chi connectivity index (χ2v) is 9.78. The molecule has 4 bridgehead atoms. The number of amides is 1. The number of rotatable bonds is 7. The van der Waals surface area contributed by atoms with Crippen molar-refractivity contribution in [1.82, 2.24) is 9.88 Å². The van der Waals surface area contributed by atoms with Crippen LogP contribution in [0.2, 0.25) is 0 Å². The number of aromatic nitrogens is 1. The molecule has 1 N–H and O–H groups in total. The quantitative estimate of drug-likeness (QED) is 0.588. The molecule has 4 aliphatic carbocycles. The molecule has 0 unspecified atom stereocenters. The lowest BCUT2D eigenvalue weighted by atomic mass is 9.53. The Labute approximate surface area is 170 Å². The summed E-state index contributed by atoms with van der Waals surface area (Å²) >= 11 is 0. The largest absolute Gasteiger partial charge is 0.345 e. The van der Waals surface area contributed by atoms with Crippen LogP contribution in [0, 0.1) is 17.8 Å². The van der Waals surface area contributed by atoms with E-state index in [9.17, 15) is 13.6 Å². The molecule has 29 heavy (non-hydrogen) atoms. The summed E-state index contributed by atoms with van der Waals surface area (Å²) in [4.78, 5) is 13.4. The molecule has 4 saturated carbocycles. The lowest BCUT2D eigenvalue weighted by Gasteiger charge is -2.56. The zero-order valence-corrected chi connectivity index (χ0v) is 16.9. The van der Waals surface area contributed by atoms with Crippen LogP contribution in [0.15, 0.2) is 30.3 Å². The standard InChI is InChI=1S/C24H30F2N2O/c25-22(26)7-3-4-8-28-20-6-2-1-5-19(20)12-21(28)23(29)27-24-13-16-9-17(14-24)11-18(10-16)15-24/h1-2,5-6,12,16-18,22H,3-4,7-11,13-15H2,(H,27,29). The highest BCUT2D eigenvalue weighted by Gasteiger charge is 2.51. The number of nitrogens with zero attached hydrogens (tertiary/aromatic N) is 1. The van der Waals surface area contributed by atoms with Crippen molar-refractivity contribution < 1.29 is 13.6 Å². The van der Waals surface area contributed by atoms with Crippen LogP contribution >= 0.6 is 0 Å². The number of halogens is 2. The molecule has 1 heterocycles. The van der Waals surface area contributed by atoms with Gasteiger partial charge in [-0.3, -0.25) is 4.79 Å². The zero-order chi connectivity index (χ0) is 20.0. The van der Waals surface area contributed by atoms with Crippen LogP contribution in [0.25, 0.3) is 10.9 Å². The molecule has 1 amide bonds. The third kappa shape index (κ3) is 3.69. The Bertz CT molecular complexity index is 868. The van der Waals surface area contributed by atoms with Gasteiger partial charge in [0.05, 0.1) is 0 Å². The highest BCUT2D eigenvalue weighted by molar-refractivity contribution is 5.99. The number of benzene rings is 1. The van der Waals surface area contributed by atoms with Gasteiger partial charge in [0.1, 0.15) is 5.69 Å². The Kier molecular flexibility index (Phi) is 4.87. The smallest absolute Gasteiger partial charge is 0.268 e. The fourth-order valence-corrected chi connectivity index (χ4v) is 6.78. The molecule has 0 saturated heterocycles. The third-order valence-corrected chi connectivity index (χ3v) is 7.51. The molecule has 0 atom stereocenters. The monoisotopic (exact) mass is 400 g/mol. The van der Waals surface area contributed by atoms with Crippen LogP contribution in [-0.2, 0) is 6.54 Å². The van der Waals surface area contributed by atoms with E-state index in [4.69, 9.17) is 0 Å². The van der Waals surface area contributed by atoms with Crippen molar-refractivity contribution in [2.75, 3.05) is 0 Å². The minimum Gasteiger partial charge on any atom is -0.345 e. The average molecular weight is 401 g/mol. The third-order valence-electron chi connectivity index (χ3n) is 7.51. The van der Waals surface area contributed by atoms with E-state index in [1.165, 1.54) is 19.3 Å². The van der Waals surface area contributed by atoms with Crippen LogP contribution in [0.4, 0.5) is 8.78 Å². The molecule has 4 fully saturated rings. The van der Waals surface area contributed by atoms with Crippen LogP contribution in [0.1, 0.15) is 68.3 Å². The van der Waals surface area contributed by atoms with E-state index in [1.807, 2.05) is 34.9 Å². The van der Waals surface area contributed by atoms with Gasteiger partial charge in [-0.2, -0.15) is 0 Å². The number of alkyl halides is 2. The predicted molar refractivity (Wildman–Crippen MR) is 110 cm³/mol. The Morgan fingerprint density at radius 2 is 1.72 bits per heavy atom. The summed E-state index contributed by atoms with van der Waals surface area (Å²) in [5.41, 5.74) is 1.67. The maximum absolute atomic E-state index is 13.4. The number of hydrogen-bond donors (Lipinski definition) is 1. The molecule has 0 aliphatic heterocycles. The number of para-hydroxylation sites is 1. The molecule has 0 radical (unpaired) electrons. The number of aryl methyl sites for hydroxylation is 1. The van der Waals surface area contributed by atoms with Crippen molar-refractivity contribution >= 4 is 16.8 Å². The summed E-state index contributed by atoms with van der Waals surface area (Å²) in [7, 11) is 0. The van der Waals surface area contributed by atoms with E-state index in [1.54, 1.807) is 0 Å². The van der Waals surface area contributed by atoms with Gasteiger partial charge in [0.15, 0.2) is 0 Å². The molecule has 0 spiro atoms. The normalized spacial score (nSPS) is 30.4. The Balaban J connectivity index is 1.37. The summed E-state index contributed by atoms with van der Waals surface area (Å²) in [6.07, 6.45) is 6.21. The van der Waals surface area contributed by atoms with Gasteiger partial charge in [0.2, 0.25) is 6.43 Å². The number of nitrogens with one attached hydrogen (secondary N) is 1. The molecular formula is C24H30F2N2O. The average Bonchev–Trinajstić information content (AvgIpc) is 3.02.